The van der Waals surface area contributed by atoms with Crippen molar-refractivity contribution >= 4 is 33.1 Å². The van der Waals surface area contributed by atoms with Gasteiger partial charge in [0.15, 0.2) is 0 Å². The van der Waals surface area contributed by atoms with Gasteiger partial charge in [-0.1, -0.05) is 30.3 Å². The number of amides is 1. The third-order valence-electron chi connectivity index (χ3n) is 4.30. The third kappa shape index (κ3) is 2.86. The van der Waals surface area contributed by atoms with E-state index in [2.05, 4.69) is 23.2 Å². The van der Waals surface area contributed by atoms with Gasteiger partial charge in [-0.2, -0.15) is 0 Å². The summed E-state index contributed by atoms with van der Waals surface area (Å²) < 4.78 is 1.19. The van der Waals surface area contributed by atoms with Crippen LogP contribution in [0.15, 0.2) is 48.5 Å². The molecule has 0 bridgehead atoms. The first-order chi connectivity index (χ1) is 11.3. The average Bonchev–Trinajstić information content (AvgIpc) is 3.02. The fraction of sp³-hybridized carbons (Fsp3) is 0.263. The highest BCUT2D eigenvalue weighted by atomic mass is 32.1. The molecule has 0 radical (unpaired) electrons. The largest absolute Gasteiger partial charge is 0.312 e. The predicted octanol–water partition coefficient (Wildman–Crippen LogP) is 4.21. The highest BCUT2D eigenvalue weighted by molar-refractivity contribution is 7.18. The minimum atomic E-state index is 0.205. The summed E-state index contributed by atoms with van der Waals surface area (Å²) in [5, 5.41) is 1.05. The van der Waals surface area contributed by atoms with E-state index >= 15 is 0 Å². The Labute approximate surface area is 139 Å². The number of benzene rings is 2. The predicted molar refractivity (Wildman–Crippen MR) is 95.1 cm³/mol. The zero-order valence-corrected chi connectivity index (χ0v) is 13.7. The van der Waals surface area contributed by atoms with Gasteiger partial charge in [-0.25, -0.2) is 4.98 Å². The molecule has 0 unspecified atom stereocenters. The molecule has 1 aromatic heterocycles. The summed E-state index contributed by atoms with van der Waals surface area (Å²) in [7, 11) is 0. The van der Waals surface area contributed by atoms with Gasteiger partial charge in [-0.05, 0) is 36.6 Å². The first kappa shape index (κ1) is 14.4. The first-order valence-electron chi connectivity index (χ1n) is 8.04. The van der Waals surface area contributed by atoms with Crippen molar-refractivity contribution in [3.05, 3.63) is 59.1 Å². The molecule has 2 aromatic carbocycles. The Kier molecular flexibility index (Phi) is 3.83. The van der Waals surface area contributed by atoms with Crippen LogP contribution in [0.2, 0.25) is 0 Å². The zero-order valence-electron chi connectivity index (χ0n) is 12.9. The van der Waals surface area contributed by atoms with Crippen LogP contribution in [0.3, 0.4) is 0 Å². The topological polar surface area (TPSA) is 33.2 Å². The molecule has 0 saturated heterocycles. The molecule has 3 aromatic rings. The Balaban J connectivity index is 1.48. The van der Waals surface area contributed by atoms with E-state index in [4.69, 9.17) is 0 Å². The Morgan fingerprint density at radius 3 is 2.87 bits per heavy atom. The second-order valence-electron chi connectivity index (χ2n) is 5.85. The van der Waals surface area contributed by atoms with Crippen molar-refractivity contribution in [1.29, 1.82) is 0 Å². The number of hydrogen-bond acceptors (Lipinski definition) is 3. The Morgan fingerprint density at radius 1 is 1.13 bits per heavy atom. The van der Waals surface area contributed by atoms with E-state index in [-0.39, 0.29) is 5.91 Å². The lowest BCUT2D eigenvalue weighted by Crippen LogP contribution is -2.35. The fourth-order valence-corrected chi connectivity index (χ4v) is 4.14. The summed E-state index contributed by atoms with van der Waals surface area (Å²) in [5.41, 5.74) is 3.41. The molecule has 4 heteroatoms. The van der Waals surface area contributed by atoms with Gasteiger partial charge in [0.25, 0.3) is 0 Å². The van der Waals surface area contributed by atoms with Crippen LogP contribution in [-0.2, 0) is 17.6 Å². The van der Waals surface area contributed by atoms with Crippen LogP contribution in [0.4, 0.5) is 5.69 Å². The van der Waals surface area contributed by atoms with Gasteiger partial charge in [-0.15, -0.1) is 11.3 Å². The number of anilines is 1. The number of carbonyl (C=O) groups excluding carboxylic acids is 1. The number of carbonyl (C=O) groups is 1. The number of aryl methyl sites for hydroxylation is 2. The van der Waals surface area contributed by atoms with Gasteiger partial charge in [0.05, 0.1) is 15.2 Å². The maximum atomic E-state index is 12.7. The van der Waals surface area contributed by atoms with Crippen LogP contribution in [0, 0.1) is 0 Å². The Hall–Kier alpha value is -2.20. The fourth-order valence-electron chi connectivity index (χ4n) is 3.17. The van der Waals surface area contributed by atoms with Gasteiger partial charge in [0, 0.05) is 25.1 Å². The van der Waals surface area contributed by atoms with E-state index in [1.54, 1.807) is 11.3 Å². The molecule has 1 amide bonds. The molecule has 1 aliphatic heterocycles. The summed E-state index contributed by atoms with van der Waals surface area (Å²) >= 11 is 1.69. The molecule has 23 heavy (non-hydrogen) atoms. The SMILES string of the molecule is O=C(CCc1nc2ccccc2s1)N1CCCc2ccccc21. The molecule has 0 aliphatic carbocycles. The normalized spacial score (nSPS) is 14.0. The summed E-state index contributed by atoms with van der Waals surface area (Å²) in [4.78, 5) is 19.2. The molecule has 4 rings (SSSR count). The third-order valence-corrected chi connectivity index (χ3v) is 5.40. The Morgan fingerprint density at radius 2 is 1.96 bits per heavy atom. The van der Waals surface area contributed by atoms with Gasteiger partial charge in [-0.3, -0.25) is 4.79 Å². The number of thiazole rings is 1. The van der Waals surface area contributed by atoms with Crippen molar-refractivity contribution < 1.29 is 4.79 Å². The second kappa shape index (κ2) is 6.13. The quantitative estimate of drug-likeness (QED) is 0.724. The van der Waals surface area contributed by atoms with E-state index < -0.39 is 0 Å². The monoisotopic (exact) mass is 322 g/mol. The molecule has 3 nitrogen and oxygen atoms in total. The molecule has 0 atom stereocenters. The molecule has 0 fully saturated rings. The minimum absolute atomic E-state index is 0.205. The number of hydrogen-bond donors (Lipinski definition) is 0. The molecular weight excluding hydrogens is 304 g/mol. The Bertz CT molecular complexity index is 822. The van der Waals surface area contributed by atoms with Gasteiger partial charge in [0.1, 0.15) is 0 Å². The van der Waals surface area contributed by atoms with Crippen LogP contribution < -0.4 is 4.90 Å². The molecule has 1 aliphatic rings. The molecule has 2 heterocycles. The molecule has 0 N–H and O–H groups in total. The molecular formula is C19H18N2OS. The van der Waals surface area contributed by atoms with Gasteiger partial charge < -0.3 is 4.90 Å². The molecule has 0 saturated carbocycles. The number of nitrogens with zero attached hydrogens (tertiary/aromatic N) is 2. The molecule has 116 valence electrons. The number of para-hydroxylation sites is 2. The van der Waals surface area contributed by atoms with E-state index in [1.807, 2.05) is 35.2 Å². The van der Waals surface area contributed by atoms with Crippen LogP contribution in [0.25, 0.3) is 10.2 Å². The maximum Gasteiger partial charge on any atom is 0.227 e. The van der Waals surface area contributed by atoms with Crippen molar-refractivity contribution in [2.24, 2.45) is 0 Å². The van der Waals surface area contributed by atoms with Gasteiger partial charge >= 0.3 is 0 Å². The van der Waals surface area contributed by atoms with E-state index in [0.717, 1.165) is 42.0 Å². The van der Waals surface area contributed by atoms with Crippen molar-refractivity contribution in [3.63, 3.8) is 0 Å². The van der Waals surface area contributed by atoms with Crippen molar-refractivity contribution in [2.45, 2.75) is 25.7 Å². The average molecular weight is 322 g/mol. The lowest BCUT2D eigenvalue weighted by molar-refractivity contribution is -0.118. The highest BCUT2D eigenvalue weighted by Gasteiger charge is 2.22. The minimum Gasteiger partial charge on any atom is -0.312 e. The van der Waals surface area contributed by atoms with Crippen LogP contribution in [0.5, 0.6) is 0 Å². The standard InChI is InChI=1S/C19H18N2OS/c22-19(21-13-5-7-14-6-1-3-9-16(14)21)12-11-18-20-15-8-2-4-10-17(15)23-18/h1-4,6,8-10H,5,7,11-13H2. The van der Waals surface area contributed by atoms with Gasteiger partial charge in [0.2, 0.25) is 5.91 Å². The van der Waals surface area contributed by atoms with Crippen LogP contribution >= 0.6 is 11.3 Å². The lowest BCUT2D eigenvalue weighted by Gasteiger charge is -2.29. The van der Waals surface area contributed by atoms with E-state index in [9.17, 15) is 4.79 Å². The van der Waals surface area contributed by atoms with Crippen molar-refractivity contribution in [2.75, 3.05) is 11.4 Å². The second-order valence-corrected chi connectivity index (χ2v) is 6.97. The zero-order chi connectivity index (χ0) is 15.6. The smallest absolute Gasteiger partial charge is 0.227 e. The first-order valence-corrected chi connectivity index (χ1v) is 8.85. The summed E-state index contributed by atoms with van der Waals surface area (Å²) in [6, 6.07) is 16.4. The van der Waals surface area contributed by atoms with Crippen LogP contribution in [-0.4, -0.2) is 17.4 Å². The van der Waals surface area contributed by atoms with Crippen molar-refractivity contribution in [3.8, 4) is 0 Å². The lowest BCUT2D eigenvalue weighted by atomic mass is 10.0. The van der Waals surface area contributed by atoms with E-state index in [0.29, 0.717) is 6.42 Å². The van der Waals surface area contributed by atoms with E-state index in [1.165, 1.54) is 10.3 Å². The summed E-state index contributed by atoms with van der Waals surface area (Å²) in [5.74, 6) is 0.205. The maximum absolute atomic E-state index is 12.7. The number of aromatic nitrogens is 1. The number of rotatable bonds is 3. The van der Waals surface area contributed by atoms with Crippen LogP contribution in [0.1, 0.15) is 23.4 Å². The molecule has 0 spiro atoms. The summed E-state index contributed by atoms with van der Waals surface area (Å²) in [6.07, 6.45) is 3.35. The van der Waals surface area contributed by atoms with Crippen molar-refractivity contribution in [1.82, 2.24) is 4.98 Å². The highest BCUT2D eigenvalue weighted by Crippen LogP contribution is 2.28. The number of fused-ring (bicyclic) bond motifs is 2. The summed E-state index contributed by atoms with van der Waals surface area (Å²) in [6.45, 7) is 0.829.